The Balaban J connectivity index is 1.73. The molecule has 2 rings (SSSR count). The lowest BCUT2D eigenvalue weighted by Crippen LogP contribution is -2.27. The molecule has 6 nitrogen and oxygen atoms in total. The summed E-state index contributed by atoms with van der Waals surface area (Å²) in [6, 6.07) is 10.7. The molecule has 1 aromatic carbocycles. The summed E-state index contributed by atoms with van der Waals surface area (Å²) in [7, 11) is 1.59. The zero-order valence-electron chi connectivity index (χ0n) is 12.8. The molecule has 0 aliphatic rings. The molecule has 0 fully saturated rings. The van der Waals surface area contributed by atoms with Gasteiger partial charge in [0.25, 0.3) is 0 Å². The maximum atomic E-state index is 11.8. The predicted molar refractivity (Wildman–Crippen MR) is 90.8 cm³/mol. The second-order valence-corrected chi connectivity index (χ2v) is 5.72. The lowest BCUT2D eigenvalue weighted by molar-refractivity contribution is -0.121. The van der Waals surface area contributed by atoms with E-state index in [9.17, 15) is 9.59 Å². The van der Waals surface area contributed by atoms with Crippen LogP contribution in [0.2, 0.25) is 0 Å². The maximum absolute atomic E-state index is 11.8. The highest BCUT2D eigenvalue weighted by Gasteiger charge is 2.03. The van der Waals surface area contributed by atoms with E-state index in [-0.39, 0.29) is 11.9 Å². The number of benzene rings is 1. The van der Waals surface area contributed by atoms with Gasteiger partial charge in [-0.15, -0.1) is 11.3 Å². The number of carbonyl (C=O) groups is 2. The van der Waals surface area contributed by atoms with Gasteiger partial charge in [-0.1, -0.05) is 6.07 Å². The predicted octanol–water partition coefficient (Wildman–Crippen LogP) is 2.58. The standard InChI is InChI=1S/C16H19N3O3S/c1-17-15(20)8-9-22-13-6-4-12(5-7-13)19-16(21)18-11-14-3-2-10-23-14/h2-7,10H,8-9,11H2,1H3,(H,17,20)(H2,18,19,21). The van der Waals surface area contributed by atoms with Crippen molar-refractivity contribution in [1.29, 1.82) is 0 Å². The number of rotatable bonds is 7. The molecule has 0 bridgehead atoms. The van der Waals surface area contributed by atoms with Crippen LogP contribution in [0.5, 0.6) is 5.75 Å². The first kappa shape index (κ1) is 16.8. The van der Waals surface area contributed by atoms with Crippen LogP contribution in [0.15, 0.2) is 41.8 Å². The van der Waals surface area contributed by atoms with Gasteiger partial charge in [-0.2, -0.15) is 0 Å². The summed E-state index contributed by atoms with van der Waals surface area (Å²) in [6.07, 6.45) is 0.307. The van der Waals surface area contributed by atoms with Crippen molar-refractivity contribution in [3.05, 3.63) is 46.7 Å². The second-order valence-electron chi connectivity index (χ2n) is 4.68. The molecule has 0 saturated carbocycles. The van der Waals surface area contributed by atoms with Gasteiger partial charge < -0.3 is 20.7 Å². The first-order valence-corrected chi connectivity index (χ1v) is 8.06. The third-order valence-electron chi connectivity index (χ3n) is 2.99. The van der Waals surface area contributed by atoms with Gasteiger partial charge in [-0.3, -0.25) is 4.79 Å². The second kappa shape index (κ2) is 8.79. The molecular weight excluding hydrogens is 314 g/mol. The fourth-order valence-electron chi connectivity index (χ4n) is 1.78. The van der Waals surface area contributed by atoms with Crippen molar-refractivity contribution in [2.24, 2.45) is 0 Å². The van der Waals surface area contributed by atoms with E-state index in [4.69, 9.17) is 4.74 Å². The summed E-state index contributed by atoms with van der Waals surface area (Å²) in [5, 5.41) is 10.0. The first-order valence-electron chi connectivity index (χ1n) is 7.18. The SMILES string of the molecule is CNC(=O)CCOc1ccc(NC(=O)NCc2cccs2)cc1. The number of anilines is 1. The summed E-state index contributed by atoms with van der Waals surface area (Å²) < 4.78 is 5.45. The molecule has 3 amide bonds. The van der Waals surface area contributed by atoms with Gasteiger partial charge in [-0.05, 0) is 35.7 Å². The lowest BCUT2D eigenvalue weighted by Gasteiger charge is -2.09. The molecule has 0 aliphatic carbocycles. The number of ether oxygens (including phenoxy) is 1. The summed E-state index contributed by atoms with van der Waals surface area (Å²) >= 11 is 1.60. The Morgan fingerprint density at radius 3 is 2.61 bits per heavy atom. The van der Waals surface area contributed by atoms with Crippen LogP contribution in [0.4, 0.5) is 10.5 Å². The molecule has 0 radical (unpaired) electrons. The van der Waals surface area contributed by atoms with E-state index in [0.29, 0.717) is 31.0 Å². The average molecular weight is 333 g/mol. The van der Waals surface area contributed by atoms with E-state index in [1.54, 1.807) is 42.6 Å². The Bertz CT molecular complexity index is 627. The number of hydrogen-bond acceptors (Lipinski definition) is 4. The summed E-state index contributed by atoms with van der Waals surface area (Å²) in [6.45, 7) is 0.817. The van der Waals surface area contributed by atoms with Crippen molar-refractivity contribution in [2.45, 2.75) is 13.0 Å². The van der Waals surface area contributed by atoms with E-state index in [1.807, 2.05) is 17.5 Å². The smallest absolute Gasteiger partial charge is 0.319 e. The molecule has 122 valence electrons. The molecule has 0 aliphatic heterocycles. The van der Waals surface area contributed by atoms with Crippen LogP contribution in [0.1, 0.15) is 11.3 Å². The number of urea groups is 1. The Morgan fingerprint density at radius 2 is 1.96 bits per heavy atom. The van der Waals surface area contributed by atoms with E-state index >= 15 is 0 Å². The van der Waals surface area contributed by atoms with Crippen molar-refractivity contribution >= 4 is 29.0 Å². The molecule has 0 saturated heterocycles. The number of amides is 3. The molecule has 0 unspecified atom stereocenters. The maximum Gasteiger partial charge on any atom is 0.319 e. The van der Waals surface area contributed by atoms with Gasteiger partial charge in [-0.25, -0.2) is 4.79 Å². The minimum absolute atomic E-state index is 0.0642. The van der Waals surface area contributed by atoms with Gasteiger partial charge in [0.05, 0.1) is 19.6 Å². The highest BCUT2D eigenvalue weighted by Crippen LogP contribution is 2.16. The molecule has 0 spiro atoms. The molecule has 3 N–H and O–H groups in total. The fraction of sp³-hybridized carbons (Fsp3) is 0.250. The summed E-state index contributed by atoms with van der Waals surface area (Å²) in [4.78, 5) is 24.0. The normalized spacial score (nSPS) is 9.96. The molecule has 0 atom stereocenters. The minimum atomic E-state index is -0.258. The molecule has 1 aromatic heterocycles. The van der Waals surface area contributed by atoms with Crippen molar-refractivity contribution in [1.82, 2.24) is 10.6 Å². The topological polar surface area (TPSA) is 79.5 Å². The molecular formula is C16H19N3O3S. The third-order valence-corrected chi connectivity index (χ3v) is 3.87. The van der Waals surface area contributed by atoms with Gasteiger partial charge in [0.15, 0.2) is 0 Å². The van der Waals surface area contributed by atoms with Crippen molar-refractivity contribution < 1.29 is 14.3 Å². The molecule has 7 heteroatoms. The fourth-order valence-corrected chi connectivity index (χ4v) is 2.42. The van der Waals surface area contributed by atoms with Crippen molar-refractivity contribution in [3.63, 3.8) is 0 Å². The Hall–Kier alpha value is -2.54. The van der Waals surface area contributed by atoms with Gasteiger partial charge in [0.2, 0.25) is 5.91 Å². The van der Waals surface area contributed by atoms with E-state index in [0.717, 1.165) is 4.88 Å². The number of nitrogens with one attached hydrogen (secondary N) is 3. The largest absolute Gasteiger partial charge is 0.493 e. The zero-order valence-corrected chi connectivity index (χ0v) is 13.6. The number of hydrogen-bond donors (Lipinski definition) is 3. The van der Waals surface area contributed by atoms with Gasteiger partial charge >= 0.3 is 6.03 Å². The van der Waals surface area contributed by atoms with Crippen LogP contribution in [0, 0.1) is 0 Å². The van der Waals surface area contributed by atoms with Crippen molar-refractivity contribution in [2.75, 3.05) is 19.0 Å². The Labute approximate surface area is 138 Å². The summed E-state index contributed by atoms with van der Waals surface area (Å²) in [5.74, 6) is 0.587. The highest BCUT2D eigenvalue weighted by atomic mass is 32.1. The average Bonchev–Trinajstić information content (AvgIpc) is 3.08. The third kappa shape index (κ3) is 5.99. The number of thiophene rings is 1. The van der Waals surface area contributed by atoms with E-state index in [1.165, 1.54) is 0 Å². The Morgan fingerprint density at radius 1 is 1.17 bits per heavy atom. The van der Waals surface area contributed by atoms with Crippen LogP contribution in [0.3, 0.4) is 0 Å². The zero-order chi connectivity index (χ0) is 16.5. The van der Waals surface area contributed by atoms with Crippen LogP contribution in [-0.2, 0) is 11.3 Å². The minimum Gasteiger partial charge on any atom is -0.493 e. The first-order chi connectivity index (χ1) is 11.2. The van der Waals surface area contributed by atoms with Crippen LogP contribution >= 0.6 is 11.3 Å². The molecule has 2 aromatic rings. The molecule has 23 heavy (non-hydrogen) atoms. The van der Waals surface area contributed by atoms with Gasteiger partial charge in [0, 0.05) is 17.6 Å². The quantitative estimate of drug-likeness (QED) is 0.728. The van der Waals surface area contributed by atoms with E-state index < -0.39 is 0 Å². The highest BCUT2D eigenvalue weighted by molar-refractivity contribution is 7.09. The number of carbonyl (C=O) groups excluding carboxylic acids is 2. The van der Waals surface area contributed by atoms with Gasteiger partial charge in [0.1, 0.15) is 5.75 Å². The van der Waals surface area contributed by atoms with Crippen LogP contribution in [-0.4, -0.2) is 25.6 Å². The Kier molecular flexibility index (Phi) is 6.43. The van der Waals surface area contributed by atoms with Crippen LogP contribution < -0.4 is 20.7 Å². The summed E-state index contributed by atoms with van der Waals surface area (Å²) in [5.41, 5.74) is 0.673. The molecule has 1 heterocycles. The lowest BCUT2D eigenvalue weighted by atomic mass is 10.3. The van der Waals surface area contributed by atoms with Crippen molar-refractivity contribution in [3.8, 4) is 5.75 Å². The van der Waals surface area contributed by atoms with Crippen LogP contribution in [0.25, 0.3) is 0 Å². The monoisotopic (exact) mass is 333 g/mol. The van der Waals surface area contributed by atoms with E-state index in [2.05, 4.69) is 16.0 Å².